The molecule has 0 spiro atoms. The topological polar surface area (TPSA) is 64.4 Å². The fraction of sp³-hybridized carbons (Fsp3) is 0.571. The van der Waals surface area contributed by atoms with Gasteiger partial charge in [-0.05, 0) is 30.3 Å². The second-order valence-electron chi connectivity index (χ2n) is 4.93. The Balaban J connectivity index is 2.73. The lowest BCUT2D eigenvalue weighted by Crippen LogP contribution is -2.19. The summed E-state index contributed by atoms with van der Waals surface area (Å²) in [5.41, 5.74) is 1.02. The summed E-state index contributed by atoms with van der Waals surface area (Å²) in [6.07, 6.45) is 1.98. The first-order valence-electron chi connectivity index (χ1n) is 6.64. The SMILES string of the molecule is CSCCOc1cc(CNCC(C)C)ccc1[N+](=O)[O-]. The Labute approximate surface area is 124 Å². The Morgan fingerprint density at radius 3 is 2.80 bits per heavy atom. The molecule has 1 rings (SSSR count). The average molecular weight is 298 g/mol. The van der Waals surface area contributed by atoms with Gasteiger partial charge in [0.05, 0.1) is 11.5 Å². The first-order valence-corrected chi connectivity index (χ1v) is 8.03. The van der Waals surface area contributed by atoms with Gasteiger partial charge in [-0.15, -0.1) is 0 Å². The molecule has 0 saturated carbocycles. The molecule has 0 bridgehead atoms. The molecule has 0 saturated heterocycles. The van der Waals surface area contributed by atoms with E-state index in [1.165, 1.54) is 6.07 Å². The number of rotatable bonds is 9. The van der Waals surface area contributed by atoms with Crippen LogP contribution in [0.25, 0.3) is 0 Å². The van der Waals surface area contributed by atoms with Crippen LogP contribution < -0.4 is 10.1 Å². The van der Waals surface area contributed by atoms with Gasteiger partial charge in [0.1, 0.15) is 0 Å². The average Bonchev–Trinajstić information content (AvgIpc) is 2.38. The first-order chi connectivity index (χ1) is 9.54. The number of nitrogens with zero attached hydrogens (tertiary/aromatic N) is 1. The molecule has 112 valence electrons. The van der Waals surface area contributed by atoms with E-state index < -0.39 is 4.92 Å². The Bertz CT molecular complexity index is 438. The third kappa shape index (κ3) is 5.79. The zero-order valence-corrected chi connectivity index (χ0v) is 13.0. The van der Waals surface area contributed by atoms with Gasteiger partial charge in [-0.2, -0.15) is 11.8 Å². The smallest absolute Gasteiger partial charge is 0.310 e. The second-order valence-corrected chi connectivity index (χ2v) is 5.91. The number of nitrogens with one attached hydrogen (secondary N) is 1. The molecular formula is C14H22N2O3S. The fourth-order valence-electron chi connectivity index (χ4n) is 1.68. The third-order valence-electron chi connectivity index (χ3n) is 2.65. The summed E-state index contributed by atoms with van der Waals surface area (Å²) in [6, 6.07) is 5.04. The summed E-state index contributed by atoms with van der Waals surface area (Å²) in [5, 5.41) is 14.3. The van der Waals surface area contributed by atoms with E-state index in [4.69, 9.17) is 4.74 Å². The molecular weight excluding hydrogens is 276 g/mol. The zero-order valence-electron chi connectivity index (χ0n) is 12.2. The predicted octanol–water partition coefficient (Wildman–Crippen LogP) is 3.08. The number of ether oxygens (including phenoxy) is 1. The van der Waals surface area contributed by atoms with Crippen LogP contribution in [0.3, 0.4) is 0 Å². The Hall–Kier alpha value is -1.27. The molecule has 6 heteroatoms. The molecule has 1 N–H and O–H groups in total. The normalized spacial score (nSPS) is 10.8. The van der Waals surface area contributed by atoms with Crippen molar-refractivity contribution in [2.24, 2.45) is 5.92 Å². The highest BCUT2D eigenvalue weighted by Gasteiger charge is 2.15. The summed E-state index contributed by atoms with van der Waals surface area (Å²) < 4.78 is 5.52. The molecule has 0 atom stereocenters. The Morgan fingerprint density at radius 2 is 2.20 bits per heavy atom. The van der Waals surface area contributed by atoms with Crippen LogP contribution in [0.4, 0.5) is 5.69 Å². The van der Waals surface area contributed by atoms with E-state index in [-0.39, 0.29) is 5.69 Å². The lowest BCUT2D eigenvalue weighted by molar-refractivity contribution is -0.385. The predicted molar refractivity (Wildman–Crippen MR) is 83.5 cm³/mol. The minimum absolute atomic E-state index is 0.0266. The van der Waals surface area contributed by atoms with E-state index >= 15 is 0 Å². The minimum Gasteiger partial charge on any atom is -0.486 e. The summed E-state index contributed by atoms with van der Waals surface area (Å²) >= 11 is 1.65. The number of nitro groups is 1. The number of benzene rings is 1. The van der Waals surface area contributed by atoms with Crippen molar-refractivity contribution >= 4 is 17.4 Å². The monoisotopic (exact) mass is 298 g/mol. The van der Waals surface area contributed by atoms with Gasteiger partial charge in [-0.1, -0.05) is 19.9 Å². The van der Waals surface area contributed by atoms with E-state index in [2.05, 4.69) is 19.2 Å². The molecule has 0 heterocycles. The Morgan fingerprint density at radius 1 is 1.45 bits per heavy atom. The maximum absolute atomic E-state index is 11.0. The van der Waals surface area contributed by atoms with Crippen molar-refractivity contribution in [3.05, 3.63) is 33.9 Å². The summed E-state index contributed by atoms with van der Waals surface area (Å²) in [5.74, 6) is 1.74. The summed E-state index contributed by atoms with van der Waals surface area (Å²) in [7, 11) is 0. The quantitative estimate of drug-likeness (QED) is 0.431. The Kier molecular flexibility index (Phi) is 7.40. The van der Waals surface area contributed by atoms with Crippen molar-refractivity contribution in [2.45, 2.75) is 20.4 Å². The molecule has 20 heavy (non-hydrogen) atoms. The minimum atomic E-state index is -0.403. The highest BCUT2D eigenvalue weighted by molar-refractivity contribution is 7.98. The maximum atomic E-state index is 11.0. The van der Waals surface area contributed by atoms with E-state index in [1.807, 2.05) is 6.26 Å². The molecule has 0 radical (unpaired) electrons. The first kappa shape index (κ1) is 16.8. The van der Waals surface area contributed by atoms with Crippen LogP contribution in [0, 0.1) is 16.0 Å². The van der Waals surface area contributed by atoms with E-state index in [1.54, 1.807) is 23.9 Å². The van der Waals surface area contributed by atoms with Gasteiger partial charge < -0.3 is 10.1 Å². The molecule has 0 unspecified atom stereocenters. The third-order valence-corrected chi connectivity index (χ3v) is 3.22. The lowest BCUT2D eigenvalue weighted by atomic mass is 10.1. The summed E-state index contributed by atoms with van der Waals surface area (Å²) in [4.78, 5) is 10.6. The largest absolute Gasteiger partial charge is 0.486 e. The van der Waals surface area contributed by atoms with Gasteiger partial charge in [-0.25, -0.2) is 0 Å². The van der Waals surface area contributed by atoms with Crippen LogP contribution >= 0.6 is 11.8 Å². The van der Waals surface area contributed by atoms with Crippen molar-refractivity contribution < 1.29 is 9.66 Å². The number of nitro benzene ring substituents is 1. The molecule has 0 fully saturated rings. The van der Waals surface area contributed by atoms with Gasteiger partial charge in [0.15, 0.2) is 5.75 Å². The highest BCUT2D eigenvalue weighted by Crippen LogP contribution is 2.28. The van der Waals surface area contributed by atoms with Gasteiger partial charge in [-0.3, -0.25) is 10.1 Å². The van der Waals surface area contributed by atoms with Crippen LogP contribution in [0.15, 0.2) is 18.2 Å². The van der Waals surface area contributed by atoms with Crippen molar-refractivity contribution in [2.75, 3.05) is 25.2 Å². The van der Waals surface area contributed by atoms with Gasteiger partial charge in [0.2, 0.25) is 0 Å². The molecule has 1 aromatic rings. The highest BCUT2D eigenvalue weighted by atomic mass is 32.2. The molecule has 0 aromatic heterocycles. The van der Waals surface area contributed by atoms with Gasteiger partial charge in [0, 0.05) is 18.4 Å². The fourth-order valence-corrected chi connectivity index (χ4v) is 1.93. The van der Waals surface area contributed by atoms with Crippen molar-refractivity contribution in [3.8, 4) is 5.75 Å². The maximum Gasteiger partial charge on any atom is 0.310 e. The zero-order chi connectivity index (χ0) is 15.0. The number of hydrogen-bond acceptors (Lipinski definition) is 5. The molecule has 1 aromatic carbocycles. The number of hydrogen-bond donors (Lipinski definition) is 1. The van der Waals surface area contributed by atoms with E-state index in [9.17, 15) is 10.1 Å². The van der Waals surface area contributed by atoms with Crippen LogP contribution in [0.1, 0.15) is 19.4 Å². The standard InChI is InChI=1S/C14H22N2O3S/c1-11(2)9-15-10-12-4-5-13(16(17)18)14(8-12)19-6-7-20-3/h4-5,8,11,15H,6-7,9-10H2,1-3H3. The molecule has 0 aliphatic rings. The van der Waals surface area contributed by atoms with Crippen molar-refractivity contribution in [1.82, 2.24) is 5.32 Å². The molecule has 0 aliphatic heterocycles. The van der Waals surface area contributed by atoms with Crippen molar-refractivity contribution in [3.63, 3.8) is 0 Å². The van der Waals surface area contributed by atoms with E-state index in [0.29, 0.717) is 24.8 Å². The molecule has 0 amide bonds. The van der Waals surface area contributed by atoms with Crippen LogP contribution in [0.2, 0.25) is 0 Å². The number of thioether (sulfide) groups is 1. The second kappa shape index (κ2) is 8.81. The van der Waals surface area contributed by atoms with Gasteiger partial charge in [0.25, 0.3) is 0 Å². The van der Waals surface area contributed by atoms with Crippen LogP contribution in [-0.2, 0) is 6.54 Å². The van der Waals surface area contributed by atoms with E-state index in [0.717, 1.165) is 17.9 Å². The summed E-state index contributed by atoms with van der Waals surface area (Å²) in [6.45, 7) is 6.36. The lowest BCUT2D eigenvalue weighted by Gasteiger charge is -2.10. The van der Waals surface area contributed by atoms with Crippen LogP contribution in [0.5, 0.6) is 5.75 Å². The van der Waals surface area contributed by atoms with Crippen LogP contribution in [-0.4, -0.2) is 30.1 Å². The van der Waals surface area contributed by atoms with Gasteiger partial charge >= 0.3 is 5.69 Å². The van der Waals surface area contributed by atoms with Crippen molar-refractivity contribution in [1.29, 1.82) is 0 Å². The molecule has 0 aliphatic carbocycles. The molecule has 5 nitrogen and oxygen atoms in total.